The van der Waals surface area contributed by atoms with Crippen LogP contribution in [0.2, 0.25) is 0 Å². The summed E-state index contributed by atoms with van der Waals surface area (Å²) in [5.74, 6) is 0.0480. The molecule has 7 heteroatoms. The van der Waals surface area contributed by atoms with Gasteiger partial charge in [-0.15, -0.1) is 0 Å². The minimum absolute atomic E-state index is 0.273. The Hall–Kier alpha value is -1.99. The zero-order valence-corrected chi connectivity index (χ0v) is 13.4. The van der Waals surface area contributed by atoms with E-state index in [1.165, 1.54) is 18.4 Å². The van der Waals surface area contributed by atoms with Gasteiger partial charge in [0.1, 0.15) is 5.69 Å². The summed E-state index contributed by atoms with van der Waals surface area (Å²) in [6, 6.07) is 11.1. The summed E-state index contributed by atoms with van der Waals surface area (Å²) in [5, 5.41) is 3.30. The topological polar surface area (TPSA) is 64.1 Å². The molecule has 2 aromatic heterocycles. The molecule has 0 fully saturated rings. The number of anilines is 1. The highest BCUT2D eigenvalue weighted by atomic mass is 79.9. The Morgan fingerprint density at radius 2 is 2.05 bits per heavy atom. The van der Waals surface area contributed by atoms with Gasteiger partial charge in [0.15, 0.2) is 5.13 Å². The van der Waals surface area contributed by atoms with Gasteiger partial charge in [0.25, 0.3) is 5.91 Å². The Kier molecular flexibility index (Phi) is 3.85. The summed E-state index contributed by atoms with van der Waals surface area (Å²) < 4.78 is 6.80. The number of carbonyl (C=O) groups excluding carboxylic acids is 1. The van der Waals surface area contributed by atoms with Crippen LogP contribution in [0.15, 0.2) is 40.9 Å². The maximum Gasteiger partial charge on any atom is 0.276 e. The van der Waals surface area contributed by atoms with Crippen LogP contribution in [0.3, 0.4) is 0 Å². The number of nitrogens with zero attached hydrogens (tertiary/aromatic N) is 2. The Labute approximate surface area is 133 Å². The average Bonchev–Trinajstić information content (AvgIpc) is 2.89. The Morgan fingerprint density at radius 1 is 1.24 bits per heavy atom. The van der Waals surface area contributed by atoms with E-state index in [1.807, 2.05) is 24.3 Å². The number of hydrogen-bond acceptors (Lipinski definition) is 5. The molecule has 1 amide bonds. The molecule has 1 N–H and O–H groups in total. The van der Waals surface area contributed by atoms with Crippen molar-refractivity contribution < 1.29 is 9.53 Å². The van der Waals surface area contributed by atoms with Gasteiger partial charge in [-0.2, -0.15) is 0 Å². The molecule has 0 saturated carbocycles. The van der Waals surface area contributed by atoms with Crippen molar-refractivity contribution in [2.45, 2.75) is 0 Å². The highest BCUT2D eigenvalue weighted by Gasteiger charge is 2.13. The molecule has 0 atom stereocenters. The number of thiazole rings is 1. The lowest BCUT2D eigenvalue weighted by Crippen LogP contribution is -2.13. The molecule has 0 aliphatic carbocycles. The van der Waals surface area contributed by atoms with Gasteiger partial charge < -0.3 is 4.74 Å². The van der Waals surface area contributed by atoms with Crippen molar-refractivity contribution in [2.24, 2.45) is 0 Å². The first kappa shape index (κ1) is 14.0. The molecule has 106 valence electrons. The van der Waals surface area contributed by atoms with E-state index in [9.17, 15) is 4.79 Å². The highest BCUT2D eigenvalue weighted by molar-refractivity contribution is 9.10. The molecule has 3 aromatic rings. The maximum absolute atomic E-state index is 12.2. The van der Waals surface area contributed by atoms with Crippen LogP contribution in [0.25, 0.3) is 10.2 Å². The fourth-order valence-electron chi connectivity index (χ4n) is 1.78. The lowest BCUT2D eigenvalue weighted by atomic mass is 10.3. The number of benzene rings is 1. The molecule has 1 aromatic carbocycles. The predicted octanol–water partition coefficient (Wildman–Crippen LogP) is 3.71. The van der Waals surface area contributed by atoms with Crippen LogP contribution in [0.5, 0.6) is 5.88 Å². The Balaban J connectivity index is 1.85. The number of pyridine rings is 1. The highest BCUT2D eigenvalue weighted by Crippen LogP contribution is 2.26. The van der Waals surface area contributed by atoms with Gasteiger partial charge in [-0.25, -0.2) is 9.97 Å². The number of methoxy groups -OCH3 is 1. The van der Waals surface area contributed by atoms with Crippen LogP contribution in [-0.2, 0) is 0 Å². The molecule has 2 heterocycles. The first-order valence-electron chi connectivity index (χ1n) is 6.05. The monoisotopic (exact) mass is 363 g/mol. The smallest absolute Gasteiger partial charge is 0.276 e. The minimum atomic E-state index is -0.320. The summed E-state index contributed by atoms with van der Waals surface area (Å²) >= 11 is 4.72. The van der Waals surface area contributed by atoms with Gasteiger partial charge in [0, 0.05) is 0 Å². The fourth-order valence-corrected chi connectivity index (χ4v) is 3.02. The summed E-state index contributed by atoms with van der Waals surface area (Å²) in [6.45, 7) is 0. The van der Waals surface area contributed by atoms with E-state index in [4.69, 9.17) is 4.74 Å². The van der Waals surface area contributed by atoms with E-state index in [0.717, 1.165) is 10.2 Å². The summed E-state index contributed by atoms with van der Waals surface area (Å²) in [6.07, 6.45) is 0. The molecule has 0 saturated heterocycles. The Bertz CT molecular complexity index is 786. The van der Waals surface area contributed by atoms with Crippen LogP contribution >= 0.6 is 27.3 Å². The quantitative estimate of drug-likeness (QED) is 0.770. The number of amides is 1. The predicted molar refractivity (Wildman–Crippen MR) is 86.1 cm³/mol. The van der Waals surface area contributed by atoms with Gasteiger partial charge in [-0.05, 0) is 40.2 Å². The van der Waals surface area contributed by atoms with Crippen LogP contribution in [0.1, 0.15) is 10.5 Å². The fraction of sp³-hybridized carbons (Fsp3) is 0.0714. The summed E-state index contributed by atoms with van der Waals surface area (Å²) in [7, 11) is 1.50. The summed E-state index contributed by atoms with van der Waals surface area (Å²) in [5.41, 5.74) is 1.13. The van der Waals surface area contributed by atoms with Crippen molar-refractivity contribution in [1.82, 2.24) is 9.97 Å². The standard InChI is InChI=1S/C14H10BrN3O2S/c1-20-13-8(15)6-7-10(16-13)12(19)18-14-17-9-4-2-3-5-11(9)21-14/h2-7H,1H3,(H,17,18,19). The number of para-hydroxylation sites is 1. The number of fused-ring (bicyclic) bond motifs is 1. The van der Waals surface area contributed by atoms with Crippen molar-refractivity contribution in [3.05, 3.63) is 46.6 Å². The second-order valence-corrected chi connectivity index (χ2v) is 6.01. The molecule has 0 bridgehead atoms. The van der Waals surface area contributed by atoms with E-state index in [0.29, 0.717) is 15.5 Å². The second kappa shape index (κ2) is 5.79. The maximum atomic E-state index is 12.2. The lowest BCUT2D eigenvalue weighted by Gasteiger charge is -2.05. The van der Waals surface area contributed by atoms with E-state index in [2.05, 4.69) is 31.2 Å². The average molecular weight is 364 g/mol. The third-order valence-corrected chi connectivity index (χ3v) is 4.31. The molecule has 5 nitrogen and oxygen atoms in total. The van der Waals surface area contributed by atoms with Crippen LogP contribution in [-0.4, -0.2) is 23.0 Å². The zero-order valence-electron chi connectivity index (χ0n) is 11.0. The number of rotatable bonds is 3. The summed E-state index contributed by atoms with van der Waals surface area (Å²) in [4.78, 5) is 20.7. The molecule has 0 unspecified atom stereocenters. The number of nitrogens with one attached hydrogen (secondary N) is 1. The number of halogens is 1. The van der Waals surface area contributed by atoms with Crippen molar-refractivity contribution in [3.63, 3.8) is 0 Å². The van der Waals surface area contributed by atoms with Crippen molar-refractivity contribution >= 4 is 48.5 Å². The molecule has 21 heavy (non-hydrogen) atoms. The van der Waals surface area contributed by atoms with Crippen LogP contribution < -0.4 is 10.1 Å². The largest absolute Gasteiger partial charge is 0.480 e. The van der Waals surface area contributed by atoms with Crippen LogP contribution in [0.4, 0.5) is 5.13 Å². The van der Waals surface area contributed by atoms with Crippen molar-refractivity contribution in [2.75, 3.05) is 12.4 Å². The second-order valence-electron chi connectivity index (χ2n) is 4.13. The SMILES string of the molecule is COc1nc(C(=O)Nc2nc3ccccc3s2)ccc1Br. The first-order chi connectivity index (χ1) is 10.2. The number of aromatic nitrogens is 2. The van der Waals surface area contributed by atoms with Crippen molar-refractivity contribution in [3.8, 4) is 5.88 Å². The van der Waals surface area contributed by atoms with E-state index >= 15 is 0 Å². The van der Waals surface area contributed by atoms with Gasteiger partial charge in [0.05, 0.1) is 21.8 Å². The van der Waals surface area contributed by atoms with Gasteiger partial charge >= 0.3 is 0 Å². The molecule has 3 rings (SSSR count). The first-order valence-corrected chi connectivity index (χ1v) is 7.66. The normalized spacial score (nSPS) is 10.6. The van der Waals surface area contributed by atoms with Gasteiger partial charge in [-0.1, -0.05) is 23.5 Å². The van der Waals surface area contributed by atoms with Gasteiger partial charge in [-0.3, -0.25) is 10.1 Å². The van der Waals surface area contributed by atoms with E-state index < -0.39 is 0 Å². The third kappa shape index (κ3) is 2.88. The minimum Gasteiger partial charge on any atom is -0.480 e. The Morgan fingerprint density at radius 3 is 2.81 bits per heavy atom. The molecule has 0 spiro atoms. The molecule has 0 aliphatic rings. The lowest BCUT2D eigenvalue weighted by molar-refractivity contribution is 0.102. The van der Waals surface area contributed by atoms with E-state index in [1.54, 1.807) is 12.1 Å². The number of hydrogen-bond donors (Lipinski definition) is 1. The third-order valence-electron chi connectivity index (χ3n) is 2.75. The molecular formula is C14H10BrN3O2S. The number of ether oxygens (including phenoxy) is 1. The number of carbonyl (C=O) groups is 1. The van der Waals surface area contributed by atoms with Crippen molar-refractivity contribution in [1.29, 1.82) is 0 Å². The molecule has 0 radical (unpaired) electrons. The molecular weight excluding hydrogens is 354 g/mol. The van der Waals surface area contributed by atoms with Gasteiger partial charge in [0.2, 0.25) is 5.88 Å². The zero-order chi connectivity index (χ0) is 14.8. The van der Waals surface area contributed by atoms with E-state index in [-0.39, 0.29) is 11.6 Å². The molecule has 0 aliphatic heterocycles. The van der Waals surface area contributed by atoms with Crippen LogP contribution in [0, 0.1) is 0 Å².